The third-order valence-corrected chi connectivity index (χ3v) is 6.91. The van der Waals surface area contributed by atoms with Crippen LogP contribution < -0.4 is 4.74 Å². The molecule has 0 aliphatic carbocycles. The normalized spacial score (nSPS) is 11.3. The number of carboxylic acid groups (broad SMARTS) is 1. The van der Waals surface area contributed by atoms with Gasteiger partial charge in [-0.1, -0.05) is 114 Å². The predicted octanol–water partition coefficient (Wildman–Crippen LogP) is 9.33. The molecule has 0 saturated heterocycles. The lowest BCUT2D eigenvalue weighted by molar-refractivity contribution is 0.0975. The fraction of sp³-hybridized carbons (Fsp3) is 0.643. The number of fused-ring (bicyclic) bond motifs is 1. The third kappa shape index (κ3) is 8.98. The first kappa shape index (κ1) is 28.2. The zero-order chi connectivity index (χ0) is 24.8. The summed E-state index contributed by atoms with van der Waals surface area (Å²) in [7, 11) is 1.68. The van der Waals surface area contributed by atoms with Gasteiger partial charge < -0.3 is 14.4 Å². The van der Waals surface area contributed by atoms with Gasteiger partial charge in [0.1, 0.15) is 0 Å². The lowest BCUT2D eigenvalue weighted by Crippen LogP contribution is -2.10. The maximum atomic E-state index is 13.0. The van der Waals surface area contributed by atoms with E-state index in [-0.39, 0.29) is 17.2 Å². The Hall–Kier alpha value is -2.01. The van der Waals surface area contributed by atoms with Crippen molar-refractivity contribution in [1.29, 1.82) is 0 Å². The number of ketones is 1. The van der Waals surface area contributed by atoms with Crippen molar-refractivity contribution in [2.24, 2.45) is 7.05 Å². The van der Waals surface area contributed by atoms with Gasteiger partial charge in [0.15, 0.2) is 5.78 Å². The molecule has 6 heteroatoms. The fourth-order valence-corrected chi connectivity index (χ4v) is 4.93. The summed E-state index contributed by atoms with van der Waals surface area (Å²) in [6.07, 6.45) is 17.9. The molecule has 190 valence electrons. The number of carbonyl (C=O) groups excluding carboxylic acids is 1. The second-order valence-electron chi connectivity index (χ2n) is 9.36. The van der Waals surface area contributed by atoms with Gasteiger partial charge in [-0.2, -0.15) is 0 Å². The van der Waals surface area contributed by atoms with Crippen molar-refractivity contribution in [3.63, 3.8) is 0 Å². The molecular formula is C28H42ClNO4. The van der Waals surface area contributed by atoms with E-state index < -0.39 is 6.16 Å². The summed E-state index contributed by atoms with van der Waals surface area (Å²) in [4.78, 5) is 24.2. The molecule has 1 N–H and O–H groups in total. The van der Waals surface area contributed by atoms with Gasteiger partial charge in [0.25, 0.3) is 0 Å². The van der Waals surface area contributed by atoms with E-state index in [4.69, 9.17) is 21.4 Å². The van der Waals surface area contributed by atoms with E-state index in [1.807, 2.05) is 0 Å². The van der Waals surface area contributed by atoms with Crippen LogP contribution in [0.3, 0.4) is 0 Å². The molecule has 0 aliphatic heterocycles. The SMILES string of the molecule is CCCCCCCCCCCCCCCCCC(=O)c1c(OC(=O)O)n(C)c2cccc(Cl)c12. The predicted molar refractivity (Wildman–Crippen MR) is 140 cm³/mol. The van der Waals surface area contributed by atoms with Crippen molar-refractivity contribution in [3.05, 3.63) is 28.8 Å². The number of hydrogen-bond acceptors (Lipinski definition) is 3. The Morgan fingerprint density at radius 2 is 1.35 bits per heavy atom. The molecule has 5 nitrogen and oxygen atoms in total. The van der Waals surface area contributed by atoms with Crippen LogP contribution in [0.4, 0.5) is 4.79 Å². The van der Waals surface area contributed by atoms with Crippen LogP contribution in [-0.4, -0.2) is 21.6 Å². The van der Waals surface area contributed by atoms with Gasteiger partial charge in [-0.15, -0.1) is 0 Å². The first-order valence-corrected chi connectivity index (χ1v) is 13.6. The van der Waals surface area contributed by atoms with Crippen molar-refractivity contribution >= 4 is 34.4 Å². The molecule has 0 amide bonds. The molecule has 0 saturated carbocycles. The number of hydrogen-bond donors (Lipinski definition) is 1. The van der Waals surface area contributed by atoms with Crippen LogP contribution in [0.15, 0.2) is 18.2 Å². The van der Waals surface area contributed by atoms with Gasteiger partial charge >= 0.3 is 6.16 Å². The van der Waals surface area contributed by atoms with Gasteiger partial charge in [0.2, 0.25) is 5.88 Å². The molecule has 0 radical (unpaired) electrons. The average Bonchev–Trinajstić information content (AvgIpc) is 3.08. The average molecular weight is 492 g/mol. The first-order valence-electron chi connectivity index (χ1n) is 13.2. The summed E-state index contributed by atoms with van der Waals surface area (Å²) in [6.45, 7) is 2.26. The van der Waals surface area contributed by atoms with Crippen molar-refractivity contribution in [2.75, 3.05) is 0 Å². The summed E-state index contributed by atoms with van der Waals surface area (Å²) in [5.41, 5.74) is 0.958. The molecule has 1 aromatic heterocycles. The van der Waals surface area contributed by atoms with Crippen LogP contribution in [0.5, 0.6) is 5.88 Å². The lowest BCUT2D eigenvalue weighted by Gasteiger charge is -2.06. The number of nitrogens with zero attached hydrogens (tertiary/aromatic N) is 1. The Kier molecular flexibility index (Phi) is 13.1. The number of rotatable bonds is 18. The number of Topliss-reactive ketones (excluding diaryl/α,β-unsaturated/α-hetero) is 1. The Labute approximate surface area is 209 Å². The van der Waals surface area contributed by atoms with E-state index in [0.717, 1.165) is 19.3 Å². The fourth-order valence-electron chi connectivity index (χ4n) is 4.67. The van der Waals surface area contributed by atoms with Gasteiger partial charge in [0, 0.05) is 18.9 Å². The van der Waals surface area contributed by atoms with E-state index >= 15 is 0 Å². The van der Waals surface area contributed by atoms with E-state index in [1.165, 1.54) is 77.0 Å². The van der Waals surface area contributed by atoms with Crippen LogP contribution in [-0.2, 0) is 7.05 Å². The third-order valence-electron chi connectivity index (χ3n) is 6.59. The number of ether oxygens (including phenoxy) is 1. The highest BCUT2D eigenvalue weighted by atomic mass is 35.5. The Morgan fingerprint density at radius 3 is 1.85 bits per heavy atom. The topological polar surface area (TPSA) is 68.5 Å². The molecule has 0 atom stereocenters. The molecule has 0 fully saturated rings. The van der Waals surface area contributed by atoms with Crippen LogP contribution in [0.1, 0.15) is 120 Å². The molecule has 2 aromatic rings. The minimum absolute atomic E-state index is 0.0431. The van der Waals surface area contributed by atoms with Crippen LogP contribution in [0.25, 0.3) is 10.9 Å². The van der Waals surface area contributed by atoms with Crippen molar-refractivity contribution in [1.82, 2.24) is 4.57 Å². The highest BCUT2D eigenvalue weighted by Gasteiger charge is 2.25. The minimum atomic E-state index is -1.44. The lowest BCUT2D eigenvalue weighted by atomic mass is 10.0. The maximum absolute atomic E-state index is 13.0. The molecule has 0 aliphatic rings. The molecule has 0 bridgehead atoms. The van der Waals surface area contributed by atoms with Gasteiger partial charge in [-0.25, -0.2) is 4.79 Å². The standard InChI is InChI=1S/C28H42ClNO4/c1-3-4-5-6-7-8-9-10-11-12-13-14-15-16-17-21-24(31)26-25-22(29)19-18-20-23(25)30(2)27(26)34-28(32)33/h18-20H,3-17,21H2,1-2H3,(H,32,33). The second-order valence-corrected chi connectivity index (χ2v) is 9.77. The first-order chi connectivity index (χ1) is 16.5. The van der Waals surface area contributed by atoms with E-state index in [2.05, 4.69) is 6.92 Å². The Bertz CT molecular complexity index is 905. The molecule has 1 aromatic carbocycles. The zero-order valence-electron chi connectivity index (χ0n) is 21.0. The van der Waals surface area contributed by atoms with Crippen molar-refractivity contribution < 1.29 is 19.4 Å². The molecule has 34 heavy (non-hydrogen) atoms. The molecule has 2 rings (SSSR count). The zero-order valence-corrected chi connectivity index (χ0v) is 21.8. The Balaban J connectivity index is 1.66. The largest absolute Gasteiger partial charge is 0.512 e. The van der Waals surface area contributed by atoms with Crippen LogP contribution >= 0.6 is 11.6 Å². The molecule has 0 unspecified atom stereocenters. The van der Waals surface area contributed by atoms with Gasteiger partial charge in [-0.3, -0.25) is 4.79 Å². The van der Waals surface area contributed by atoms with Crippen molar-refractivity contribution in [3.8, 4) is 5.88 Å². The quantitative estimate of drug-likeness (QED) is 0.128. The van der Waals surface area contributed by atoms with Crippen LogP contribution in [0, 0.1) is 0 Å². The Morgan fingerprint density at radius 1 is 0.853 bits per heavy atom. The van der Waals surface area contributed by atoms with Crippen LogP contribution in [0.2, 0.25) is 5.02 Å². The number of halogens is 1. The van der Waals surface area contributed by atoms with Gasteiger partial charge in [0.05, 0.1) is 16.1 Å². The highest BCUT2D eigenvalue weighted by Crippen LogP contribution is 2.37. The molecular weight excluding hydrogens is 450 g/mol. The monoisotopic (exact) mass is 491 g/mol. The van der Waals surface area contributed by atoms with Crippen molar-refractivity contribution in [2.45, 2.75) is 110 Å². The van der Waals surface area contributed by atoms with E-state index in [9.17, 15) is 9.59 Å². The number of benzene rings is 1. The summed E-state index contributed by atoms with van der Waals surface area (Å²) >= 11 is 6.36. The number of unbranched alkanes of at least 4 members (excludes halogenated alkanes) is 14. The summed E-state index contributed by atoms with van der Waals surface area (Å²) in [5.74, 6) is -0.0776. The number of aryl methyl sites for hydroxylation is 1. The second kappa shape index (κ2) is 15.8. The summed E-state index contributed by atoms with van der Waals surface area (Å²) in [5, 5.41) is 10.1. The summed E-state index contributed by atoms with van der Waals surface area (Å²) in [6, 6.07) is 5.29. The minimum Gasteiger partial charge on any atom is -0.449 e. The highest BCUT2D eigenvalue weighted by molar-refractivity contribution is 6.37. The number of carbonyl (C=O) groups is 2. The summed E-state index contributed by atoms with van der Waals surface area (Å²) < 4.78 is 6.54. The van der Waals surface area contributed by atoms with Gasteiger partial charge in [-0.05, 0) is 18.6 Å². The molecule has 1 heterocycles. The number of aromatic nitrogens is 1. The van der Waals surface area contributed by atoms with E-state index in [0.29, 0.717) is 22.3 Å². The van der Waals surface area contributed by atoms with E-state index in [1.54, 1.807) is 29.8 Å². The smallest absolute Gasteiger partial charge is 0.449 e. The molecule has 0 spiro atoms. The maximum Gasteiger partial charge on any atom is 0.512 e.